The minimum atomic E-state index is -0.547. The molecule has 1 saturated heterocycles. The van der Waals surface area contributed by atoms with Gasteiger partial charge in [-0.05, 0) is 55.2 Å². The van der Waals surface area contributed by atoms with Crippen LogP contribution in [0.25, 0.3) is 6.08 Å². The Balaban J connectivity index is 1.27. The lowest BCUT2D eigenvalue weighted by molar-refractivity contribution is -0.143. The van der Waals surface area contributed by atoms with E-state index in [2.05, 4.69) is 17.1 Å². The molecule has 1 amide bonds. The van der Waals surface area contributed by atoms with Gasteiger partial charge in [-0.1, -0.05) is 25.1 Å². The number of nitrogens with one attached hydrogen (secondary N) is 1. The van der Waals surface area contributed by atoms with E-state index in [0.29, 0.717) is 11.3 Å². The number of ether oxygens (including phenoxy) is 2. The molecule has 6 heteroatoms. The molecule has 6 nitrogen and oxygen atoms in total. The number of para-hydroxylation sites is 1. The van der Waals surface area contributed by atoms with Crippen LogP contribution in [0.2, 0.25) is 0 Å². The van der Waals surface area contributed by atoms with Crippen molar-refractivity contribution in [3.63, 3.8) is 0 Å². The first-order chi connectivity index (χ1) is 14.6. The largest absolute Gasteiger partial charge is 0.488 e. The number of fused-ring (bicyclic) bond motifs is 1. The zero-order valence-corrected chi connectivity index (χ0v) is 17.1. The lowest BCUT2D eigenvalue weighted by atomic mass is 9.99. The van der Waals surface area contributed by atoms with E-state index in [-0.39, 0.29) is 19.1 Å². The standard InChI is InChI=1S/C24H26N2O4/c1-17-10-12-26(13-11-17)21-8-6-20(7-9-21)25-23(27)16-30-24(28)19-14-18-4-2-3-5-22(18)29-15-19/h2-9,14,17H,10-13,15-16H2,1H3,(H,25,27). The second-order valence-electron chi connectivity index (χ2n) is 7.84. The maximum atomic E-state index is 12.3. The fourth-order valence-corrected chi connectivity index (χ4v) is 3.68. The first-order valence-corrected chi connectivity index (χ1v) is 10.3. The molecular formula is C24H26N2O4. The first kappa shape index (κ1) is 20.0. The van der Waals surface area contributed by atoms with Gasteiger partial charge in [-0.2, -0.15) is 0 Å². The highest BCUT2D eigenvalue weighted by Crippen LogP contribution is 2.26. The van der Waals surface area contributed by atoms with Crippen LogP contribution in [0, 0.1) is 5.92 Å². The highest BCUT2D eigenvalue weighted by molar-refractivity contribution is 5.98. The second kappa shape index (κ2) is 9.03. The van der Waals surface area contributed by atoms with Crippen molar-refractivity contribution in [3.8, 4) is 5.75 Å². The van der Waals surface area contributed by atoms with E-state index in [0.717, 1.165) is 36.0 Å². The summed E-state index contributed by atoms with van der Waals surface area (Å²) in [5.41, 5.74) is 3.06. The summed E-state index contributed by atoms with van der Waals surface area (Å²) in [5, 5.41) is 2.77. The van der Waals surface area contributed by atoms with E-state index < -0.39 is 5.97 Å². The molecule has 4 rings (SSSR count). The topological polar surface area (TPSA) is 67.9 Å². The normalized spacial score (nSPS) is 16.2. The Morgan fingerprint density at radius 3 is 2.60 bits per heavy atom. The summed E-state index contributed by atoms with van der Waals surface area (Å²) in [6.07, 6.45) is 4.15. The van der Waals surface area contributed by atoms with Gasteiger partial charge in [-0.25, -0.2) is 4.79 Å². The summed E-state index contributed by atoms with van der Waals surface area (Å²) in [6.45, 7) is 4.21. The zero-order chi connectivity index (χ0) is 20.9. The number of rotatable bonds is 5. The Morgan fingerprint density at radius 2 is 1.83 bits per heavy atom. The maximum absolute atomic E-state index is 12.3. The summed E-state index contributed by atoms with van der Waals surface area (Å²) in [4.78, 5) is 26.8. The van der Waals surface area contributed by atoms with Gasteiger partial charge in [0.1, 0.15) is 12.4 Å². The minimum absolute atomic E-state index is 0.133. The molecule has 0 saturated carbocycles. The van der Waals surface area contributed by atoms with Crippen LogP contribution >= 0.6 is 0 Å². The summed E-state index contributed by atoms with van der Waals surface area (Å²) in [7, 11) is 0. The van der Waals surface area contributed by atoms with E-state index in [9.17, 15) is 9.59 Å². The molecule has 30 heavy (non-hydrogen) atoms. The van der Waals surface area contributed by atoms with E-state index in [1.165, 1.54) is 12.8 Å². The van der Waals surface area contributed by atoms with Gasteiger partial charge in [0.2, 0.25) is 0 Å². The van der Waals surface area contributed by atoms with Crippen LogP contribution in [0.1, 0.15) is 25.3 Å². The minimum Gasteiger partial charge on any atom is -0.488 e. The molecule has 0 spiro atoms. The van der Waals surface area contributed by atoms with Crippen LogP contribution in [0.5, 0.6) is 5.75 Å². The number of esters is 1. The SMILES string of the molecule is CC1CCN(c2ccc(NC(=O)COC(=O)C3=Cc4ccccc4OC3)cc2)CC1. The third-order valence-corrected chi connectivity index (χ3v) is 5.53. The molecule has 2 aliphatic heterocycles. The Morgan fingerprint density at radius 1 is 1.10 bits per heavy atom. The van der Waals surface area contributed by atoms with Gasteiger partial charge in [-0.15, -0.1) is 0 Å². The van der Waals surface area contributed by atoms with Gasteiger partial charge in [-0.3, -0.25) is 4.79 Å². The van der Waals surface area contributed by atoms with E-state index in [1.807, 2.05) is 48.5 Å². The predicted molar refractivity (Wildman–Crippen MR) is 117 cm³/mol. The predicted octanol–water partition coefficient (Wildman–Crippen LogP) is 3.88. The van der Waals surface area contributed by atoms with Crippen molar-refractivity contribution in [2.45, 2.75) is 19.8 Å². The Hall–Kier alpha value is -3.28. The lowest BCUT2D eigenvalue weighted by Gasteiger charge is -2.32. The summed E-state index contributed by atoms with van der Waals surface area (Å²) in [5.74, 6) is 0.595. The molecule has 0 atom stereocenters. The molecule has 0 unspecified atom stereocenters. The van der Waals surface area contributed by atoms with Crippen LogP contribution in [-0.4, -0.2) is 38.2 Å². The van der Waals surface area contributed by atoms with Gasteiger partial charge in [0.05, 0.1) is 5.57 Å². The molecular weight excluding hydrogens is 380 g/mol. The van der Waals surface area contributed by atoms with Gasteiger partial charge in [0.15, 0.2) is 6.61 Å². The summed E-state index contributed by atoms with van der Waals surface area (Å²) >= 11 is 0. The van der Waals surface area contributed by atoms with Crippen molar-refractivity contribution in [3.05, 3.63) is 59.7 Å². The quantitative estimate of drug-likeness (QED) is 0.764. The Bertz CT molecular complexity index is 944. The van der Waals surface area contributed by atoms with Gasteiger partial charge in [0.25, 0.3) is 5.91 Å². The van der Waals surface area contributed by atoms with Gasteiger partial charge in [0, 0.05) is 30.0 Å². The number of anilines is 2. The molecule has 0 radical (unpaired) electrons. The van der Waals surface area contributed by atoms with E-state index in [1.54, 1.807) is 6.08 Å². The molecule has 2 aromatic rings. The third kappa shape index (κ3) is 4.82. The number of carbonyl (C=O) groups excluding carboxylic acids is 2. The fourth-order valence-electron chi connectivity index (χ4n) is 3.68. The molecule has 156 valence electrons. The van der Waals surface area contributed by atoms with Crippen molar-refractivity contribution in [1.82, 2.24) is 0 Å². The van der Waals surface area contributed by atoms with Crippen molar-refractivity contribution in [1.29, 1.82) is 0 Å². The monoisotopic (exact) mass is 406 g/mol. The van der Waals surface area contributed by atoms with Gasteiger partial charge >= 0.3 is 5.97 Å². The van der Waals surface area contributed by atoms with Crippen molar-refractivity contribution in [2.24, 2.45) is 5.92 Å². The summed E-state index contributed by atoms with van der Waals surface area (Å²) < 4.78 is 10.7. The third-order valence-electron chi connectivity index (χ3n) is 5.53. The highest BCUT2D eigenvalue weighted by Gasteiger charge is 2.19. The average Bonchev–Trinajstić information content (AvgIpc) is 2.78. The van der Waals surface area contributed by atoms with Crippen LogP contribution in [-0.2, 0) is 14.3 Å². The lowest BCUT2D eigenvalue weighted by Crippen LogP contribution is -2.32. The van der Waals surface area contributed by atoms with Crippen LogP contribution in [0.3, 0.4) is 0 Å². The fraction of sp³-hybridized carbons (Fsp3) is 0.333. The van der Waals surface area contributed by atoms with Crippen LogP contribution < -0.4 is 15.0 Å². The van der Waals surface area contributed by atoms with Crippen LogP contribution in [0.15, 0.2) is 54.1 Å². The molecule has 2 aromatic carbocycles. The average molecular weight is 406 g/mol. The Labute approximate surface area is 176 Å². The number of piperidine rings is 1. The number of carbonyl (C=O) groups is 2. The van der Waals surface area contributed by atoms with E-state index in [4.69, 9.17) is 9.47 Å². The summed E-state index contributed by atoms with van der Waals surface area (Å²) in [6, 6.07) is 15.2. The van der Waals surface area contributed by atoms with Crippen LogP contribution in [0.4, 0.5) is 11.4 Å². The zero-order valence-electron chi connectivity index (χ0n) is 17.1. The molecule has 2 aliphatic rings. The second-order valence-corrected chi connectivity index (χ2v) is 7.84. The molecule has 0 aromatic heterocycles. The number of benzene rings is 2. The molecule has 2 heterocycles. The number of amides is 1. The number of nitrogens with zero attached hydrogens (tertiary/aromatic N) is 1. The molecule has 1 fully saturated rings. The van der Waals surface area contributed by atoms with Crippen molar-refractivity contribution in [2.75, 3.05) is 36.5 Å². The molecule has 0 bridgehead atoms. The molecule has 1 N–H and O–H groups in total. The first-order valence-electron chi connectivity index (χ1n) is 10.3. The number of hydrogen-bond acceptors (Lipinski definition) is 5. The van der Waals surface area contributed by atoms with E-state index >= 15 is 0 Å². The number of hydrogen-bond donors (Lipinski definition) is 1. The maximum Gasteiger partial charge on any atom is 0.338 e. The smallest absolute Gasteiger partial charge is 0.338 e. The molecule has 0 aliphatic carbocycles. The highest BCUT2D eigenvalue weighted by atomic mass is 16.5. The van der Waals surface area contributed by atoms with Crippen molar-refractivity contribution >= 4 is 29.3 Å². The van der Waals surface area contributed by atoms with Crippen molar-refractivity contribution < 1.29 is 19.1 Å². The Kier molecular flexibility index (Phi) is 6.02. The van der Waals surface area contributed by atoms with Gasteiger partial charge < -0.3 is 19.7 Å².